The lowest BCUT2D eigenvalue weighted by atomic mass is 10.1. The summed E-state index contributed by atoms with van der Waals surface area (Å²) >= 11 is 1.63. The van der Waals surface area contributed by atoms with Crippen LogP contribution in [-0.2, 0) is 0 Å². The van der Waals surface area contributed by atoms with E-state index in [1.54, 1.807) is 17.5 Å². The van der Waals surface area contributed by atoms with E-state index >= 15 is 0 Å². The van der Waals surface area contributed by atoms with Gasteiger partial charge in [-0.1, -0.05) is 0 Å². The molecule has 27 heavy (non-hydrogen) atoms. The van der Waals surface area contributed by atoms with Crippen LogP contribution in [-0.4, -0.2) is 19.9 Å². The first-order chi connectivity index (χ1) is 13.3. The molecule has 6 heteroatoms. The number of aromatic nitrogens is 4. The van der Waals surface area contributed by atoms with E-state index in [1.807, 2.05) is 35.8 Å². The minimum absolute atomic E-state index is 0.607. The molecule has 0 aliphatic heterocycles. The number of fused-ring (bicyclic) bond motifs is 3. The van der Waals surface area contributed by atoms with Gasteiger partial charge >= 0.3 is 0 Å². The highest BCUT2D eigenvalue weighted by Gasteiger charge is 2.12. The van der Waals surface area contributed by atoms with E-state index in [-0.39, 0.29) is 0 Å². The molecule has 0 aliphatic rings. The second-order valence-electron chi connectivity index (χ2n) is 6.36. The minimum Gasteiger partial charge on any atom is -0.436 e. The molecule has 0 saturated carbocycles. The van der Waals surface area contributed by atoms with Gasteiger partial charge in [-0.05, 0) is 53.9 Å². The third-order valence-corrected chi connectivity index (χ3v) is 5.47. The smallest absolute Gasteiger partial charge is 0.226 e. The van der Waals surface area contributed by atoms with Crippen LogP contribution in [0.3, 0.4) is 0 Å². The molecule has 128 valence electrons. The van der Waals surface area contributed by atoms with Gasteiger partial charge in [0.15, 0.2) is 5.76 Å². The number of H-pyrrole nitrogens is 1. The predicted molar refractivity (Wildman–Crippen MR) is 108 cm³/mol. The summed E-state index contributed by atoms with van der Waals surface area (Å²) in [5, 5.41) is 5.21. The highest BCUT2D eigenvalue weighted by atomic mass is 32.1. The molecule has 6 aromatic heterocycles. The van der Waals surface area contributed by atoms with E-state index in [0.717, 1.165) is 49.3 Å². The predicted octanol–water partition coefficient (Wildman–Crippen LogP) is 5.65. The molecule has 0 aromatic carbocycles. The molecule has 0 saturated heterocycles. The molecule has 6 rings (SSSR count). The molecular weight excluding hydrogens is 356 g/mol. The topological polar surface area (TPSA) is 67.6 Å². The molecule has 0 atom stereocenters. The summed E-state index contributed by atoms with van der Waals surface area (Å²) < 4.78 is 5.94. The van der Waals surface area contributed by atoms with Gasteiger partial charge in [0, 0.05) is 39.8 Å². The molecule has 0 fully saturated rings. The van der Waals surface area contributed by atoms with Crippen LogP contribution in [0.25, 0.3) is 55.1 Å². The average Bonchev–Trinajstić information content (AvgIpc) is 3.42. The van der Waals surface area contributed by atoms with Crippen LogP contribution in [0.15, 0.2) is 70.7 Å². The molecule has 0 radical (unpaired) electrons. The normalized spacial score (nSPS) is 11.7. The Hall–Kier alpha value is -3.51. The van der Waals surface area contributed by atoms with E-state index < -0.39 is 0 Å². The van der Waals surface area contributed by atoms with Crippen LogP contribution in [0.5, 0.6) is 0 Å². The molecule has 6 heterocycles. The van der Waals surface area contributed by atoms with Gasteiger partial charge in [0.05, 0.1) is 0 Å². The number of pyridine rings is 3. The van der Waals surface area contributed by atoms with Crippen molar-refractivity contribution < 1.29 is 4.42 Å². The van der Waals surface area contributed by atoms with Crippen molar-refractivity contribution in [3.8, 4) is 22.7 Å². The summed E-state index contributed by atoms with van der Waals surface area (Å²) in [6.45, 7) is 0. The number of aromatic amines is 1. The molecule has 6 aromatic rings. The number of nitrogens with one attached hydrogen (secondary N) is 1. The maximum Gasteiger partial charge on any atom is 0.226 e. The molecule has 0 spiro atoms. The Morgan fingerprint density at radius 2 is 1.93 bits per heavy atom. The Balaban J connectivity index is 1.46. The first-order valence-electron chi connectivity index (χ1n) is 8.52. The summed E-state index contributed by atoms with van der Waals surface area (Å²) in [4.78, 5) is 17.9. The third kappa shape index (κ3) is 2.34. The van der Waals surface area contributed by atoms with Gasteiger partial charge in [0.2, 0.25) is 5.71 Å². The Bertz CT molecular complexity index is 1410. The highest BCUT2D eigenvalue weighted by molar-refractivity contribution is 7.16. The van der Waals surface area contributed by atoms with Crippen molar-refractivity contribution >= 4 is 43.7 Å². The van der Waals surface area contributed by atoms with Crippen molar-refractivity contribution in [2.75, 3.05) is 0 Å². The van der Waals surface area contributed by atoms with Crippen molar-refractivity contribution in [1.29, 1.82) is 0 Å². The monoisotopic (exact) mass is 368 g/mol. The summed E-state index contributed by atoms with van der Waals surface area (Å²) in [5.41, 5.74) is 4.28. The second kappa shape index (κ2) is 5.49. The Kier molecular flexibility index (Phi) is 2.98. The Labute approximate surface area is 157 Å². The summed E-state index contributed by atoms with van der Waals surface area (Å²) in [6, 6.07) is 16.2. The number of furan rings is 1. The van der Waals surface area contributed by atoms with Crippen molar-refractivity contribution in [3.05, 3.63) is 66.3 Å². The summed E-state index contributed by atoms with van der Waals surface area (Å²) in [7, 11) is 0. The van der Waals surface area contributed by atoms with E-state index in [2.05, 4.69) is 39.2 Å². The average molecular weight is 368 g/mol. The van der Waals surface area contributed by atoms with Gasteiger partial charge in [-0.3, -0.25) is 0 Å². The van der Waals surface area contributed by atoms with E-state index in [9.17, 15) is 0 Å². The zero-order chi connectivity index (χ0) is 17.8. The van der Waals surface area contributed by atoms with Crippen LogP contribution < -0.4 is 0 Å². The lowest BCUT2D eigenvalue weighted by molar-refractivity contribution is 0.616. The second-order valence-corrected chi connectivity index (χ2v) is 7.26. The number of rotatable bonds is 2. The number of nitrogens with zero attached hydrogens (tertiary/aromatic N) is 3. The van der Waals surface area contributed by atoms with Crippen molar-refractivity contribution in [2.24, 2.45) is 0 Å². The van der Waals surface area contributed by atoms with Gasteiger partial charge in [-0.25, -0.2) is 15.0 Å². The maximum absolute atomic E-state index is 5.94. The van der Waals surface area contributed by atoms with Gasteiger partial charge in [0.25, 0.3) is 0 Å². The lowest BCUT2D eigenvalue weighted by Gasteiger charge is -1.96. The molecule has 1 N–H and O–H groups in total. The summed E-state index contributed by atoms with van der Waals surface area (Å²) in [6.07, 6.45) is 3.60. The van der Waals surface area contributed by atoms with E-state index in [1.165, 1.54) is 0 Å². The minimum atomic E-state index is 0.607. The van der Waals surface area contributed by atoms with Crippen LogP contribution in [0, 0.1) is 0 Å². The molecule has 0 bridgehead atoms. The fraction of sp³-hybridized carbons (Fsp3) is 0. The zero-order valence-electron chi connectivity index (χ0n) is 14.0. The van der Waals surface area contributed by atoms with Crippen molar-refractivity contribution in [2.45, 2.75) is 0 Å². The van der Waals surface area contributed by atoms with Crippen LogP contribution in [0.2, 0.25) is 0 Å². The number of thiophene rings is 1. The molecule has 5 nitrogen and oxygen atoms in total. The quantitative estimate of drug-likeness (QED) is 0.429. The molecular formula is C21H12N4OS. The van der Waals surface area contributed by atoms with Crippen LogP contribution in [0.1, 0.15) is 0 Å². The first kappa shape index (κ1) is 14.6. The number of hydrogen-bond acceptors (Lipinski definition) is 5. The van der Waals surface area contributed by atoms with Gasteiger partial charge in [-0.15, -0.1) is 11.3 Å². The van der Waals surface area contributed by atoms with E-state index in [0.29, 0.717) is 5.71 Å². The maximum atomic E-state index is 5.94. The SMILES string of the molecule is c1cnc2[nH]c(-c3cnc4oc(-c5ccc6ccsc6n5)cc4c3)cc2c1. The highest BCUT2D eigenvalue weighted by Crippen LogP contribution is 2.31. The summed E-state index contributed by atoms with van der Waals surface area (Å²) in [5.74, 6) is 0.725. The molecule has 0 unspecified atom stereocenters. The van der Waals surface area contributed by atoms with Gasteiger partial charge in [-0.2, -0.15) is 0 Å². The zero-order valence-corrected chi connectivity index (χ0v) is 14.8. The van der Waals surface area contributed by atoms with Gasteiger partial charge in [0.1, 0.15) is 16.2 Å². The fourth-order valence-corrected chi connectivity index (χ4v) is 4.07. The van der Waals surface area contributed by atoms with Crippen molar-refractivity contribution in [1.82, 2.24) is 19.9 Å². The molecule has 0 amide bonds. The van der Waals surface area contributed by atoms with Crippen LogP contribution >= 0.6 is 11.3 Å². The Morgan fingerprint density at radius 3 is 2.89 bits per heavy atom. The largest absolute Gasteiger partial charge is 0.436 e. The first-order valence-corrected chi connectivity index (χ1v) is 9.40. The Morgan fingerprint density at radius 1 is 0.926 bits per heavy atom. The van der Waals surface area contributed by atoms with Crippen LogP contribution in [0.4, 0.5) is 0 Å². The van der Waals surface area contributed by atoms with Crippen molar-refractivity contribution in [3.63, 3.8) is 0 Å². The lowest BCUT2D eigenvalue weighted by Crippen LogP contribution is -1.80. The molecule has 0 aliphatic carbocycles. The third-order valence-electron chi connectivity index (χ3n) is 4.64. The van der Waals surface area contributed by atoms with E-state index in [4.69, 9.17) is 9.40 Å². The van der Waals surface area contributed by atoms with Gasteiger partial charge < -0.3 is 9.40 Å². The number of hydrogen-bond donors (Lipinski definition) is 1. The fourth-order valence-electron chi connectivity index (χ4n) is 3.30. The standard InChI is InChI=1S/C21H12N4OS/c1-2-13-9-17(24-19(13)22-6-1)15-8-14-10-18(26-20(14)23-11-15)16-4-3-12-5-7-27-21(12)25-16/h1-11H,(H,22,24).